The predicted octanol–water partition coefficient (Wildman–Crippen LogP) is 2.73. The van der Waals surface area contributed by atoms with E-state index in [1.807, 2.05) is 6.92 Å². The van der Waals surface area contributed by atoms with Crippen molar-refractivity contribution in [3.8, 4) is 0 Å². The Morgan fingerprint density at radius 3 is 2.56 bits per heavy atom. The van der Waals surface area contributed by atoms with Crippen LogP contribution in [-0.4, -0.2) is 18.5 Å². The van der Waals surface area contributed by atoms with Gasteiger partial charge < -0.3 is 0 Å². The molecule has 0 unspecified atom stereocenters. The van der Waals surface area contributed by atoms with E-state index in [0.29, 0.717) is 6.42 Å². The van der Waals surface area contributed by atoms with Crippen LogP contribution in [0.4, 0.5) is 0 Å². The predicted molar refractivity (Wildman–Crippen MR) is 63.0 cm³/mol. The molecule has 0 heterocycles. The fourth-order valence-electron chi connectivity index (χ4n) is 1.57. The molecule has 6 heteroatoms. The number of hydrogen-bond acceptors (Lipinski definition) is 4. The van der Waals surface area contributed by atoms with Crippen molar-refractivity contribution in [3.05, 3.63) is 34.9 Å². The van der Waals surface area contributed by atoms with Crippen molar-refractivity contribution in [1.29, 1.82) is 0 Å². The summed E-state index contributed by atoms with van der Waals surface area (Å²) in [6.45, 7) is 3.88. The van der Waals surface area contributed by atoms with Crippen LogP contribution in [0.5, 0.6) is 0 Å². The van der Waals surface area contributed by atoms with E-state index in [9.17, 15) is 9.59 Å². The van der Waals surface area contributed by atoms with E-state index in [1.165, 1.54) is 0 Å². The Hall–Kier alpha value is -0.862. The van der Waals surface area contributed by atoms with Crippen LogP contribution >= 0.6 is 9.42 Å². The van der Waals surface area contributed by atoms with E-state index in [-0.39, 0.29) is 17.7 Å². The van der Waals surface area contributed by atoms with Crippen LogP contribution in [0, 0.1) is 0 Å². The number of ether oxygens (including phenoxy) is 1. The molecule has 0 saturated heterocycles. The quantitative estimate of drug-likeness (QED) is 0.646. The van der Waals surface area contributed by atoms with Gasteiger partial charge in [-0.3, -0.25) is 0 Å². The first kappa shape index (κ1) is 15.2. The van der Waals surface area contributed by atoms with E-state index < -0.39 is 29.8 Å². The van der Waals surface area contributed by atoms with Gasteiger partial charge in [-0.2, -0.15) is 0 Å². The molecular formula is C12H13ClO4Pt. The molecular weight excluding hydrogens is 439 g/mol. The van der Waals surface area contributed by atoms with Crippen molar-refractivity contribution in [2.45, 2.75) is 20.3 Å². The van der Waals surface area contributed by atoms with Gasteiger partial charge in [0.15, 0.2) is 0 Å². The van der Waals surface area contributed by atoms with Gasteiger partial charge in [0.05, 0.1) is 0 Å². The van der Waals surface area contributed by atoms with E-state index in [1.54, 1.807) is 25.1 Å². The molecule has 1 aromatic rings. The van der Waals surface area contributed by atoms with Gasteiger partial charge in [0.25, 0.3) is 0 Å². The van der Waals surface area contributed by atoms with Crippen LogP contribution in [-0.2, 0) is 32.4 Å². The molecule has 1 rings (SSSR count). The van der Waals surface area contributed by atoms with Gasteiger partial charge in [-0.15, -0.1) is 0 Å². The molecule has 0 fully saturated rings. The topological polar surface area (TPSA) is 52.6 Å². The standard InChI is InChI=1S/C12H14O4.ClH.Pt/c1-3-8-6-5-7-9(11(13)14)10(8)12(15)16-4-2;;/h5-7H,3-4H2,1-2H3,(H,13,14);1H;/q;;+2/p-2. The molecule has 18 heavy (non-hydrogen) atoms. The van der Waals surface area contributed by atoms with Gasteiger partial charge in [0, 0.05) is 0 Å². The van der Waals surface area contributed by atoms with Gasteiger partial charge in [0.1, 0.15) is 0 Å². The maximum atomic E-state index is 11.9. The SMILES string of the molecule is CCOC(=O)c1c(CC)cccc1C(=O)[O][Pt][Cl]. The summed E-state index contributed by atoms with van der Waals surface area (Å²) in [7, 11) is 5.46. The fourth-order valence-corrected chi connectivity index (χ4v) is 2.34. The molecule has 0 amide bonds. The normalized spacial score (nSPS) is 10.2. The zero-order valence-electron chi connectivity index (χ0n) is 9.97. The van der Waals surface area contributed by atoms with Crippen molar-refractivity contribution >= 4 is 21.4 Å². The minimum absolute atomic E-state index is 0.216. The van der Waals surface area contributed by atoms with Crippen LogP contribution < -0.4 is 0 Å². The van der Waals surface area contributed by atoms with Crippen molar-refractivity contribution in [2.24, 2.45) is 0 Å². The third kappa shape index (κ3) is 3.56. The van der Waals surface area contributed by atoms with Crippen LogP contribution in [0.25, 0.3) is 0 Å². The fraction of sp³-hybridized carbons (Fsp3) is 0.333. The second-order valence-electron chi connectivity index (χ2n) is 3.31. The monoisotopic (exact) mass is 451 g/mol. The average Bonchev–Trinajstić information content (AvgIpc) is 2.38. The van der Waals surface area contributed by atoms with Crippen molar-refractivity contribution in [3.63, 3.8) is 0 Å². The number of aryl methyl sites for hydroxylation is 1. The number of esters is 1. The Morgan fingerprint density at radius 2 is 2.00 bits per heavy atom. The van der Waals surface area contributed by atoms with Crippen LogP contribution in [0.2, 0.25) is 0 Å². The van der Waals surface area contributed by atoms with Gasteiger partial charge in [-0.25, -0.2) is 0 Å². The summed E-state index contributed by atoms with van der Waals surface area (Å²) < 4.78 is 9.79. The molecule has 0 spiro atoms. The number of halogens is 1. The Balaban J connectivity index is 3.24. The summed E-state index contributed by atoms with van der Waals surface area (Å²) in [6.07, 6.45) is 0.630. The van der Waals surface area contributed by atoms with E-state index in [2.05, 4.69) is 0 Å². The first-order chi connectivity index (χ1) is 8.65. The maximum absolute atomic E-state index is 11.9. The van der Waals surface area contributed by atoms with Crippen LogP contribution in [0.3, 0.4) is 0 Å². The summed E-state index contributed by atoms with van der Waals surface area (Å²) in [5, 5.41) is 0. The second-order valence-corrected chi connectivity index (χ2v) is 4.93. The molecule has 0 aromatic heterocycles. The number of carbonyl (C=O) groups excluding carboxylic acids is 2. The summed E-state index contributed by atoms with van der Waals surface area (Å²) in [5.41, 5.74) is 1.26. The zero-order valence-corrected chi connectivity index (χ0v) is 13.0. The molecule has 0 aliphatic rings. The Labute approximate surface area is 119 Å². The molecule has 0 N–H and O–H groups in total. The van der Waals surface area contributed by atoms with Gasteiger partial charge in [-0.05, 0) is 0 Å². The first-order valence-electron chi connectivity index (χ1n) is 5.37. The van der Waals surface area contributed by atoms with Crippen molar-refractivity contribution in [2.75, 3.05) is 6.61 Å². The summed E-state index contributed by atoms with van der Waals surface area (Å²) >= 11 is -1.15. The molecule has 1 aromatic carbocycles. The van der Waals surface area contributed by atoms with Gasteiger partial charge in [-0.1, -0.05) is 0 Å². The van der Waals surface area contributed by atoms with Crippen LogP contribution in [0.15, 0.2) is 18.2 Å². The number of rotatable bonds is 5. The zero-order chi connectivity index (χ0) is 13.5. The third-order valence-electron chi connectivity index (χ3n) is 2.31. The molecule has 0 saturated carbocycles. The molecule has 0 radical (unpaired) electrons. The Bertz CT molecular complexity index is 448. The number of hydrogen-bond donors (Lipinski definition) is 0. The van der Waals surface area contributed by atoms with E-state index in [4.69, 9.17) is 17.5 Å². The van der Waals surface area contributed by atoms with E-state index >= 15 is 0 Å². The summed E-state index contributed by atoms with van der Waals surface area (Å²) in [6, 6.07) is 5.05. The third-order valence-corrected chi connectivity index (χ3v) is 3.31. The van der Waals surface area contributed by atoms with Gasteiger partial charge in [0.2, 0.25) is 0 Å². The Kier molecular flexibility index (Phi) is 6.37. The number of benzene rings is 1. The van der Waals surface area contributed by atoms with Crippen LogP contribution in [0.1, 0.15) is 40.1 Å². The molecule has 102 valence electrons. The van der Waals surface area contributed by atoms with E-state index in [0.717, 1.165) is 5.56 Å². The minimum atomic E-state index is -1.15. The average molecular weight is 452 g/mol. The van der Waals surface area contributed by atoms with Crippen molar-refractivity contribution < 1.29 is 35.6 Å². The summed E-state index contributed by atoms with van der Waals surface area (Å²) in [5.74, 6) is -1.08. The van der Waals surface area contributed by atoms with Gasteiger partial charge >= 0.3 is 119 Å². The first-order valence-corrected chi connectivity index (χ1v) is 9.11. The molecule has 0 aliphatic heterocycles. The molecule has 4 nitrogen and oxygen atoms in total. The molecule has 0 aliphatic carbocycles. The molecule has 0 atom stereocenters. The second kappa shape index (κ2) is 7.55. The van der Waals surface area contributed by atoms with Crippen molar-refractivity contribution in [1.82, 2.24) is 0 Å². The summed E-state index contributed by atoms with van der Waals surface area (Å²) in [4.78, 5) is 23.7. The number of carbonyl (C=O) groups is 2. The molecule has 0 bridgehead atoms. The Morgan fingerprint density at radius 1 is 1.28 bits per heavy atom.